The third-order valence-electron chi connectivity index (χ3n) is 3.45. The number of alkyl halides is 3. The second-order valence-electron chi connectivity index (χ2n) is 5.34. The van der Waals surface area contributed by atoms with Crippen molar-refractivity contribution in [2.45, 2.75) is 6.18 Å². The number of esters is 1. The third-order valence-corrected chi connectivity index (χ3v) is 3.45. The quantitative estimate of drug-likeness (QED) is 0.454. The second-order valence-corrected chi connectivity index (χ2v) is 5.34. The minimum Gasteiger partial charge on any atom is -0.497 e. The van der Waals surface area contributed by atoms with Crippen LogP contribution in [0.4, 0.5) is 24.5 Å². The lowest BCUT2D eigenvalue weighted by Gasteiger charge is -2.13. The molecule has 11 heteroatoms. The minimum atomic E-state index is -4.94. The zero-order valence-electron chi connectivity index (χ0n) is 14.3. The molecule has 0 saturated heterocycles. The highest BCUT2D eigenvalue weighted by atomic mass is 19.4. The highest BCUT2D eigenvalue weighted by Crippen LogP contribution is 2.37. The summed E-state index contributed by atoms with van der Waals surface area (Å²) in [7, 11) is 1.44. The number of hydrogen-bond donors (Lipinski definition) is 1. The summed E-state index contributed by atoms with van der Waals surface area (Å²) in [5.41, 5.74) is -2.75. The predicted molar refractivity (Wildman–Crippen MR) is 90.0 cm³/mol. The van der Waals surface area contributed by atoms with Crippen molar-refractivity contribution < 1.29 is 37.2 Å². The van der Waals surface area contributed by atoms with Crippen molar-refractivity contribution in [2.24, 2.45) is 0 Å². The number of halogens is 3. The first kappa shape index (κ1) is 20.7. The second kappa shape index (κ2) is 8.37. The Balaban J connectivity index is 2.06. The topological polar surface area (TPSA) is 108 Å². The average molecular weight is 398 g/mol. The van der Waals surface area contributed by atoms with Crippen molar-refractivity contribution in [1.29, 1.82) is 0 Å². The molecule has 0 aromatic heterocycles. The van der Waals surface area contributed by atoms with E-state index in [4.69, 9.17) is 9.47 Å². The lowest BCUT2D eigenvalue weighted by molar-refractivity contribution is -0.385. The zero-order chi connectivity index (χ0) is 20.9. The number of carbonyl (C=O) groups is 2. The Bertz CT molecular complexity index is 897. The van der Waals surface area contributed by atoms with E-state index in [2.05, 4.69) is 0 Å². The van der Waals surface area contributed by atoms with E-state index in [1.165, 1.54) is 31.4 Å². The Morgan fingerprint density at radius 3 is 2.32 bits per heavy atom. The molecule has 2 rings (SSSR count). The summed E-state index contributed by atoms with van der Waals surface area (Å²) in [6, 6.07) is 7.62. The van der Waals surface area contributed by atoms with Crippen molar-refractivity contribution in [3.8, 4) is 5.75 Å². The van der Waals surface area contributed by atoms with E-state index in [0.29, 0.717) is 11.8 Å². The van der Waals surface area contributed by atoms with Crippen molar-refractivity contribution >= 4 is 23.3 Å². The molecule has 0 bridgehead atoms. The van der Waals surface area contributed by atoms with Crippen LogP contribution in [0.25, 0.3) is 0 Å². The van der Waals surface area contributed by atoms with Crippen molar-refractivity contribution in [3.05, 3.63) is 63.7 Å². The lowest BCUT2D eigenvalue weighted by atomic mass is 10.1. The van der Waals surface area contributed by atoms with Gasteiger partial charge in [-0.05, 0) is 30.3 Å². The van der Waals surface area contributed by atoms with Crippen LogP contribution >= 0.6 is 0 Å². The van der Waals surface area contributed by atoms with E-state index >= 15 is 0 Å². The number of methoxy groups -OCH3 is 1. The number of nitro benzene ring substituents is 1. The number of nitrogens with one attached hydrogen (secondary N) is 1. The normalized spacial score (nSPS) is 10.9. The van der Waals surface area contributed by atoms with Crippen LogP contribution in [0.2, 0.25) is 0 Å². The van der Waals surface area contributed by atoms with Gasteiger partial charge in [-0.1, -0.05) is 0 Å². The molecule has 0 fully saturated rings. The largest absolute Gasteiger partial charge is 0.497 e. The minimum absolute atomic E-state index is 0.111. The fourth-order valence-corrected chi connectivity index (χ4v) is 2.12. The van der Waals surface area contributed by atoms with E-state index in [0.717, 1.165) is 12.1 Å². The number of amides is 1. The van der Waals surface area contributed by atoms with Gasteiger partial charge in [-0.2, -0.15) is 13.2 Å². The van der Waals surface area contributed by atoms with Gasteiger partial charge < -0.3 is 14.8 Å². The number of nitro groups is 1. The Labute approximate surface area is 156 Å². The number of anilines is 1. The molecule has 148 valence electrons. The van der Waals surface area contributed by atoms with Crippen molar-refractivity contribution in [1.82, 2.24) is 0 Å². The summed E-state index contributed by atoms with van der Waals surface area (Å²) in [6.07, 6.45) is -4.94. The van der Waals surface area contributed by atoms with Crippen LogP contribution in [-0.2, 0) is 15.7 Å². The van der Waals surface area contributed by atoms with E-state index in [-0.39, 0.29) is 5.56 Å². The molecule has 0 heterocycles. The highest BCUT2D eigenvalue weighted by molar-refractivity contribution is 5.96. The van der Waals surface area contributed by atoms with Gasteiger partial charge in [0.05, 0.1) is 28.8 Å². The molecule has 0 aliphatic carbocycles. The van der Waals surface area contributed by atoms with Gasteiger partial charge in [-0.25, -0.2) is 4.79 Å². The van der Waals surface area contributed by atoms with E-state index in [1.807, 2.05) is 5.32 Å². The number of benzene rings is 2. The molecule has 0 saturated carbocycles. The Hall–Kier alpha value is -3.63. The molecule has 1 N–H and O–H groups in total. The molecule has 0 spiro atoms. The van der Waals surface area contributed by atoms with Gasteiger partial charge >= 0.3 is 12.1 Å². The SMILES string of the molecule is COc1ccc(C(=O)OCC(=O)Nc2ccc([N+](=O)[O-])cc2C(F)(F)F)cc1. The van der Waals surface area contributed by atoms with Gasteiger partial charge in [0, 0.05) is 12.1 Å². The fraction of sp³-hybridized carbons (Fsp3) is 0.176. The Kier molecular flexibility index (Phi) is 6.18. The van der Waals surface area contributed by atoms with Crippen LogP contribution in [0.1, 0.15) is 15.9 Å². The molecule has 2 aromatic carbocycles. The summed E-state index contributed by atoms with van der Waals surface area (Å²) in [5.74, 6) is -1.41. The first-order valence-electron chi connectivity index (χ1n) is 7.58. The first-order valence-corrected chi connectivity index (χ1v) is 7.58. The molecule has 0 radical (unpaired) electrons. The summed E-state index contributed by atoms with van der Waals surface area (Å²) < 4.78 is 48.9. The fourth-order valence-electron chi connectivity index (χ4n) is 2.12. The predicted octanol–water partition coefficient (Wildman–Crippen LogP) is 3.42. The standard InChI is InChI=1S/C17H13F3N2O6/c1-27-12-5-2-10(3-6-12)16(24)28-9-15(23)21-14-7-4-11(22(25)26)8-13(14)17(18,19)20/h2-8H,9H2,1H3,(H,21,23). The van der Waals surface area contributed by atoms with Crippen LogP contribution in [0, 0.1) is 10.1 Å². The molecule has 0 aliphatic rings. The summed E-state index contributed by atoms with van der Waals surface area (Å²) in [6.45, 7) is -0.848. The van der Waals surface area contributed by atoms with Crippen molar-refractivity contribution in [2.75, 3.05) is 19.0 Å². The molecular formula is C17H13F3N2O6. The molecule has 0 aliphatic heterocycles. The summed E-state index contributed by atoms with van der Waals surface area (Å²) >= 11 is 0. The van der Waals surface area contributed by atoms with Gasteiger partial charge in [0.15, 0.2) is 6.61 Å². The number of non-ortho nitro benzene ring substituents is 1. The molecule has 1 amide bonds. The maximum atomic E-state index is 13.1. The van der Waals surface area contributed by atoms with Crippen LogP contribution < -0.4 is 10.1 Å². The molecule has 28 heavy (non-hydrogen) atoms. The lowest BCUT2D eigenvalue weighted by Crippen LogP contribution is -2.22. The summed E-state index contributed by atoms with van der Waals surface area (Å²) in [4.78, 5) is 33.3. The monoisotopic (exact) mass is 398 g/mol. The third kappa shape index (κ3) is 5.19. The molecular weight excluding hydrogens is 385 g/mol. The average Bonchev–Trinajstić information content (AvgIpc) is 2.65. The number of carbonyl (C=O) groups excluding carboxylic acids is 2. The van der Waals surface area contributed by atoms with Gasteiger partial charge in [-0.15, -0.1) is 0 Å². The molecule has 2 aromatic rings. The highest BCUT2D eigenvalue weighted by Gasteiger charge is 2.35. The van der Waals surface area contributed by atoms with Gasteiger partial charge in [0.2, 0.25) is 0 Å². The van der Waals surface area contributed by atoms with Crippen molar-refractivity contribution in [3.63, 3.8) is 0 Å². The molecule has 8 nitrogen and oxygen atoms in total. The maximum Gasteiger partial charge on any atom is 0.418 e. The molecule has 0 atom stereocenters. The van der Waals surface area contributed by atoms with Crippen LogP contribution in [0.15, 0.2) is 42.5 Å². The number of hydrogen-bond acceptors (Lipinski definition) is 6. The first-order chi connectivity index (χ1) is 13.1. The van der Waals surface area contributed by atoms with Crippen LogP contribution in [-0.4, -0.2) is 30.5 Å². The van der Waals surface area contributed by atoms with Gasteiger partial charge in [0.1, 0.15) is 5.75 Å². The van der Waals surface area contributed by atoms with Crippen LogP contribution in [0.5, 0.6) is 5.75 Å². The maximum absolute atomic E-state index is 13.1. The number of nitrogens with zero attached hydrogens (tertiary/aromatic N) is 1. The number of rotatable bonds is 6. The number of ether oxygens (including phenoxy) is 2. The Morgan fingerprint density at radius 1 is 1.14 bits per heavy atom. The van der Waals surface area contributed by atoms with Crippen LogP contribution in [0.3, 0.4) is 0 Å². The van der Waals surface area contributed by atoms with E-state index in [1.54, 1.807) is 0 Å². The molecule has 0 unspecified atom stereocenters. The Morgan fingerprint density at radius 2 is 1.79 bits per heavy atom. The van der Waals surface area contributed by atoms with E-state index in [9.17, 15) is 32.9 Å². The smallest absolute Gasteiger partial charge is 0.418 e. The zero-order valence-corrected chi connectivity index (χ0v) is 14.3. The van der Waals surface area contributed by atoms with E-state index < -0.39 is 46.5 Å². The summed E-state index contributed by atoms with van der Waals surface area (Å²) in [5, 5.41) is 12.6. The van der Waals surface area contributed by atoms with Gasteiger partial charge in [0.25, 0.3) is 11.6 Å². The van der Waals surface area contributed by atoms with Gasteiger partial charge in [-0.3, -0.25) is 14.9 Å².